The van der Waals surface area contributed by atoms with Crippen molar-refractivity contribution in [2.45, 2.75) is 6.10 Å². The summed E-state index contributed by atoms with van der Waals surface area (Å²) in [6, 6.07) is 9.23. The number of carbonyl (C=O) groups excluding carboxylic acids is 1. The number of nitrogens with one attached hydrogen (secondary N) is 2. The average molecular weight is 421 g/mol. The number of amides is 1. The van der Waals surface area contributed by atoms with Crippen molar-refractivity contribution in [2.24, 2.45) is 0 Å². The number of halogens is 2. The van der Waals surface area contributed by atoms with Crippen molar-refractivity contribution in [3.8, 4) is 5.82 Å². The van der Waals surface area contributed by atoms with E-state index in [0.29, 0.717) is 23.3 Å². The van der Waals surface area contributed by atoms with Crippen LogP contribution in [0, 0.1) is 0 Å². The number of hydrogen-bond donors (Lipinski definition) is 2. The van der Waals surface area contributed by atoms with Gasteiger partial charge in [-0.25, -0.2) is 14.6 Å². The Morgan fingerprint density at radius 3 is 2.71 bits per heavy atom. The summed E-state index contributed by atoms with van der Waals surface area (Å²) in [6.07, 6.45) is 4.59. The molecule has 10 heteroatoms. The number of carbonyl (C=O) groups is 1. The minimum Gasteiger partial charge on any atom is -0.371 e. The molecule has 1 aliphatic rings. The Morgan fingerprint density at radius 1 is 1.21 bits per heavy atom. The van der Waals surface area contributed by atoms with Gasteiger partial charge in [0.15, 0.2) is 11.5 Å². The third-order valence-corrected chi connectivity index (χ3v) is 4.33. The second-order valence-electron chi connectivity index (χ2n) is 5.98. The monoisotopic (exact) mass is 420 g/mol. The second-order valence-corrected chi connectivity index (χ2v) is 6.37. The third kappa shape index (κ3) is 4.66. The van der Waals surface area contributed by atoms with E-state index in [9.17, 15) is 4.79 Å². The maximum absolute atomic E-state index is 12.4. The highest BCUT2D eigenvalue weighted by molar-refractivity contribution is 6.29. The molecule has 1 aromatic carbocycles. The van der Waals surface area contributed by atoms with Crippen LogP contribution in [0.2, 0.25) is 5.15 Å². The van der Waals surface area contributed by atoms with Gasteiger partial charge in [0.25, 0.3) is 5.91 Å². The van der Waals surface area contributed by atoms with Crippen molar-refractivity contribution in [1.29, 1.82) is 0 Å². The van der Waals surface area contributed by atoms with Gasteiger partial charge in [-0.2, -0.15) is 5.10 Å². The van der Waals surface area contributed by atoms with E-state index in [1.165, 1.54) is 17.1 Å². The van der Waals surface area contributed by atoms with Gasteiger partial charge in [-0.1, -0.05) is 23.7 Å². The van der Waals surface area contributed by atoms with E-state index in [1.54, 1.807) is 12.3 Å². The molecule has 0 aliphatic carbocycles. The van der Waals surface area contributed by atoms with Crippen molar-refractivity contribution < 1.29 is 9.53 Å². The van der Waals surface area contributed by atoms with Gasteiger partial charge < -0.3 is 15.4 Å². The lowest BCUT2D eigenvalue weighted by molar-refractivity contribution is 0.0277. The first-order chi connectivity index (χ1) is 13.2. The molecule has 0 radical (unpaired) electrons. The summed E-state index contributed by atoms with van der Waals surface area (Å²) in [5.74, 6) is 0.169. The molecule has 1 saturated heterocycles. The largest absolute Gasteiger partial charge is 0.371 e. The summed E-state index contributed by atoms with van der Waals surface area (Å²) >= 11 is 5.73. The molecule has 0 saturated carbocycles. The number of anilines is 1. The highest BCUT2D eigenvalue weighted by Gasteiger charge is 2.16. The number of aromatic nitrogens is 4. The number of morpholine rings is 1. The Labute approximate surface area is 172 Å². The molecule has 2 aromatic heterocycles. The molecule has 0 bridgehead atoms. The summed E-state index contributed by atoms with van der Waals surface area (Å²) in [5.41, 5.74) is 2.04. The number of benzene rings is 1. The molecule has 0 spiro atoms. The van der Waals surface area contributed by atoms with E-state index in [2.05, 4.69) is 25.7 Å². The van der Waals surface area contributed by atoms with Crippen LogP contribution >= 0.6 is 24.0 Å². The van der Waals surface area contributed by atoms with Crippen LogP contribution in [-0.2, 0) is 4.74 Å². The molecular formula is C18H18Cl2N6O2. The topological polar surface area (TPSA) is 94.0 Å². The van der Waals surface area contributed by atoms with Crippen LogP contribution in [-0.4, -0.2) is 45.4 Å². The van der Waals surface area contributed by atoms with E-state index < -0.39 is 0 Å². The normalized spacial score (nSPS) is 16.2. The van der Waals surface area contributed by atoms with Crippen LogP contribution < -0.4 is 10.6 Å². The van der Waals surface area contributed by atoms with Gasteiger partial charge in [0.2, 0.25) is 0 Å². The van der Waals surface area contributed by atoms with Crippen LogP contribution in [0.3, 0.4) is 0 Å². The highest BCUT2D eigenvalue weighted by atomic mass is 35.5. The summed E-state index contributed by atoms with van der Waals surface area (Å²) < 4.78 is 7.19. The van der Waals surface area contributed by atoms with E-state index in [0.717, 1.165) is 18.7 Å². The van der Waals surface area contributed by atoms with Gasteiger partial charge in [0, 0.05) is 25.0 Å². The van der Waals surface area contributed by atoms with Crippen molar-refractivity contribution in [3.63, 3.8) is 0 Å². The summed E-state index contributed by atoms with van der Waals surface area (Å²) in [4.78, 5) is 20.5. The fourth-order valence-electron chi connectivity index (χ4n) is 2.75. The molecule has 28 heavy (non-hydrogen) atoms. The lowest BCUT2D eigenvalue weighted by atomic mass is 10.1. The standard InChI is InChI=1S/C18H17ClN6O2.ClH/c19-16-10-22-17(11-21-16)25-7-5-14(24-25)18(26)23-13-3-1-12(2-4-13)15-9-20-6-8-27-15;/h1-5,7,10-11,15,20H,6,8-9H2,(H,23,26);1H. The molecule has 1 atom stereocenters. The maximum Gasteiger partial charge on any atom is 0.276 e. The summed E-state index contributed by atoms with van der Waals surface area (Å²) in [6.45, 7) is 2.36. The van der Waals surface area contributed by atoms with E-state index >= 15 is 0 Å². The fraction of sp³-hybridized carbons (Fsp3) is 0.222. The molecule has 3 aromatic rings. The Hall–Kier alpha value is -2.52. The van der Waals surface area contributed by atoms with Crippen LogP contribution in [0.25, 0.3) is 5.82 Å². The van der Waals surface area contributed by atoms with Crippen molar-refractivity contribution in [2.75, 3.05) is 25.0 Å². The zero-order valence-electron chi connectivity index (χ0n) is 14.7. The summed E-state index contributed by atoms with van der Waals surface area (Å²) in [7, 11) is 0. The first-order valence-corrected chi connectivity index (χ1v) is 8.84. The van der Waals surface area contributed by atoms with Gasteiger partial charge in [0.05, 0.1) is 25.1 Å². The van der Waals surface area contributed by atoms with Crippen molar-refractivity contribution >= 4 is 35.6 Å². The highest BCUT2D eigenvalue weighted by Crippen LogP contribution is 2.21. The van der Waals surface area contributed by atoms with E-state index in [4.69, 9.17) is 16.3 Å². The molecule has 4 rings (SSSR count). The SMILES string of the molecule is Cl.O=C(Nc1ccc(C2CNCCO2)cc1)c1ccn(-c2cnc(Cl)cn2)n1. The van der Waals surface area contributed by atoms with E-state index in [1.807, 2.05) is 24.3 Å². The quantitative estimate of drug-likeness (QED) is 0.673. The summed E-state index contributed by atoms with van der Waals surface area (Å²) in [5, 5.41) is 10.7. The number of rotatable bonds is 4. The van der Waals surface area contributed by atoms with Crippen molar-refractivity contribution in [3.05, 3.63) is 65.3 Å². The molecule has 1 fully saturated rings. The van der Waals surface area contributed by atoms with Gasteiger partial charge in [-0.3, -0.25) is 4.79 Å². The first-order valence-electron chi connectivity index (χ1n) is 8.46. The molecule has 1 amide bonds. The van der Waals surface area contributed by atoms with Crippen LogP contribution in [0.4, 0.5) is 5.69 Å². The lowest BCUT2D eigenvalue weighted by Crippen LogP contribution is -2.33. The number of nitrogens with zero attached hydrogens (tertiary/aromatic N) is 4. The number of hydrogen-bond acceptors (Lipinski definition) is 6. The second kappa shape index (κ2) is 9.11. The minimum absolute atomic E-state index is 0. The molecule has 146 valence electrons. The Morgan fingerprint density at radius 2 is 2.04 bits per heavy atom. The predicted octanol–water partition coefficient (Wildman–Crippen LogP) is 2.65. The fourth-order valence-corrected chi connectivity index (χ4v) is 2.85. The van der Waals surface area contributed by atoms with Crippen LogP contribution in [0.5, 0.6) is 0 Å². The third-order valence-electron chi connectivity index (χ3n) is 4.13. The van der Waals surface area contributed by atoms with Gasteiger partial charge in [-0.05, 0) is 23.8 Å². The predicted molar refractivity (Wildman–Crippen MR) is 107 cm³/mol. The first kappa shape index (κ1) is 20.2. The van der Waals surface area contributed by atoms with Crippen LogP contribution in [0.15, 0.2) is 48.9 Å². The Balaban J connectivity index is 0.00000225. The molecule has 1 unspecified atom stereocenters. The molecule has 1 aliphatic heterocycles. The van der Waals surface area contributed by atoms with Gasteiger partial charge >= 0.3 is 0 Å². The molecular weight excluding hydrogens is 403 g/mol. The van der Waals surface area contributed by atoms with Gasteiger partial charge in [0.1, 0.15) is 5.15 Å². The zero-order valence-corrected chi connectivity index (χ0v) is 16.3. The minimum atomic E-state index is -0.306. The Bertz CT molecular complexity index is 924. The van der Waals surface area contributed by atoms with Gasteiger partial charge in [-0.15, -0.1) is 12.4 Å². The number of ether oxygens (including phenoxy) is 1. The zero-order chi connectivity index (χ0) is 18.6. The molecule has 3 heterocycles. The molecule has 8 nitrogen and oxygen atoms in total. The molecule has 2 N–H and O–H groups in total. The van der Waals surface area contributed by atoms with Crippen LogP contribution in [0.1, 0.15) is 22.2 Å². The maximum atomic E-state index is 12.4. The lowest BCUT2D eigenvalue weighted by Gasteiger charge is -2.24. The average Bonchev–Trinajstić information content (AvgIpc) is 3.20. The smallest absolute Gasteiger partial charge is 0.276 e. The Kier molecular flexibility index (Phi) is 6.58. The van der Waals surface area contributed by atoms with Crippen molar-refractivity contribution in [1.82, 2.24) is 25.1 Å². The van der Waals surface area contributed by atoms with E-state index in [-0.39, 0.29) is 30.1 Å².